The number of hydrogen-bond donors (Lipinski definition) is 1. The molecule has 76 valence electrons. The summed E-state index contributed by atoms with van der Waals surface area (Å²) in [5.74, 6) is 0. The van der Waals surface area contributed by atoms with Gasteiger partial charge in [-0.15, -0.1) is 0 Å². The standard InChI is InChI=1S/C10H14BrN3/c11-10-8-6-12-5-4-9(8)14(13-10)7-2-1-3-7/h7,12H,1-6H2. The highest BCUT2D eigenvalue weighted by Gasteiger charge is 2.27. The zero-order chi connectivity index (χ0) is 9.54. The fourth-order valence-corrected chi connectivity index (χ4v) is 2.81. The molecule has 1 aliphatic heterocycles. The Balaban J connectivity index is 2.02. The molecule has 0 aromatic carbocycles. The number of halogens is 1. The quantitative estimate of drug-likeness (QED) is 0.833. The Hall–Kier alpha value is -0.350. The molecule has 3 rings (SSSR count). The topological polar surface area (TPSA) is 29.9 Å². The minimum atomic E-state index is 0.688. The maximum Gasteiger partial charge on any atom is 0.132 e. The van der Waals surface area contributed by atoms with Crippen molar-refractivity contribution in [3.63, 3.8) is 0 Å². The van der Waals surface area contributed by atoms with E-state index in [4.69, 9.17) is 0 Å². The van der Waals surface area contributed by atoms with Crippen molar-refractivity contribution < 1.29 is 0 Å². The molecule has 1 aromatic heterocycles. The average molecular weight is 256 g/mol. The van der Waals surface area contributed by atoms with Gasteiger partial charge in [-0.3, -0.25) is 4.68 Å². The molecule has 1 saturated carbocycles. The Bertz CT molecular complexity index is 354. The predicted molar refractivity (Wildman–Crippen MR) is 58.2 cm³/mol. The SMILES string of the molecule is Brc1nn(C2CCC2)c2c1CNCC2. The van der Waals surface area contributed by atoms with Gasteiger partial charge < -0.3 is 5.32 Å². The van der Waals surface area contributed by atoms with Crippen molar-refractivity contribution >= 4 is 15.9 Å². The van der Waals surface area contributed by atoms with Crippen LogP contribution in [0.3, 0.4) is 0 Å². The van der Waals surface area contributed by atoms with E-state index in [2.05, 4.69) is 31.0 Å². The van der Waals surface area contributed by atoms with Gasteiger partial charge in [0.2, 0.25) is 0 Å². The molecule has 0 unspecified atom stereocenters. The van der Waals surface area contributed by atoms with E-state index in [0.29, 0.717) is 6.04 Å². The van der Waals surface area contributed by atoms with E-state index in [1.54, 1.807) is 0 Å². The van der Waals surface area contributed by atoms with Gasteiger partial charge in [0.05, 0.1) is 6.04 Å². The summed E-state index contributed by atoms with van der Waals surface area (Å²) in [5, 5.41) is 7.99. The van der Waals surface area contributed by atoms with Crippen molar-refractivity contribution in [3.05, 3.63) is 15.9 Å². The molecule has 2 heterocycles. The van der Waals surface area contributed by atoms with E-state index in [-0.39, 0.29) is 0 Å². The van der Waals surface area contributed by atoms with Crippen molar-refractivity contribution in [2.75, 3.05) is 6.54 Å². The molecular weight excluding hydrogens is 242 g/mol. The minimum Gasteiger partial charge on any atom is -0.312 e. The summed E-state index contributed by atoms with van der Waals surface area (Å²) in [5.41, 5.74) is 2.84. The first-order valence-electron chi connectivity index (χ1n) is 5.33. The molecule has 1 N–H and O–H groups in total. The van der Waals surface area contributed by atoms with Gasteiger partial charge >= 0.3 is 0 Å². The second kappa shape index (κ2) is 3.35. The van der Waals surface area contributed by atoms with Gasteiger partial charge in [0.1, 0.15) is 4.60 Å². The Morgan fingerprint density at radius 3 is 3.00 bits per heavy atom. The molecule has 0 atom stereocenters. The minimum absolute atomic E-state index is 0.688. The zero-order valence-electron chi connectivity index (χ0n) is 8.09. The predicted octanol–water partition coefficient (Wildman–Crippen LogP) is 2.02. The number of fused-ring (bicyclic) bond motifs is 1. The van der Waals surface area contributed by atoms with Gasteiger partial charge in [0.15, 0.2) is 0 Å². The summed E-state index contributed by atoms with van der Waals surface area (Å²) >= 11 is 3.55. The van der Waals surface area contributed by atoms with E-state index in [1.807, 2.05) is 0 Å². The molecule has 1 aliphatic carbocycles. The first-order valence-corrected chi connectivity index (χ1v) is 6.12. The molecule has 4 heteroatoms. The fraction of sp³-hybridized carbons (Fsp3) is 0.700. The molecule has 0 saturated heterocycles. The summed E-state index contributed by atoms with van der Waals surface area (Å²) in [6.45, 7) is 2.07. The number of hydrogen-bond acceptors (Lipinski definition) is 2. The molecule has 14 heavy (non-hydrogen) atoms. The highest BCUT2D eigenvalue weighted by Crippen LogP contribution is 2.35. The van der Waals surface area contributed by atoms with Crippen molar-refractivity contribution in [2.45, 2.75) is 38.3 Å². The third kappa shape index (κ3) is 1.24. The smallest absolute Gasteiger partial charge is 0.132 e. The van der Waals surface area contributed by atoms with E-state index in [9.17, 15) is 0 Å². The van der Waals surface area contributed by atoms with Gasteiger partial charge in [-0.25, -0.2) is 0 Å². The second-order valence-corrected chi connectivity index (χ2v) is 4.92. The molecule has 0 spiro atoms. The summed E-state index contributed by atoms with van der Waals surface area (Å²) < 4.78 is 3.32. The van der Waals surface area contributed by atoms with Crippen LogP contribution in [0.15, 0.2) is 4.60 Å². The molecule has 2 aliphatic rings. The lowest BCUT2D eigenvalue weighted by atomic mass is 9.93. The van der Waals surface area contributed by atoms with Crippen LogP contribution in [0.4, 0.5) is 0 Å². The van der Waals surface area contributed by atoms with Crippen LogP contribution in [0.2, 0.25) is 0 Å². The summed E-state index contributed by atoms with van der Waals surface area (Å²) in [6.07, 6.45) is 5.13. The lowest BCUT2D eigenvalue weighted by Crippen LogP contribution is -2.27. The van der Waals surface area contributed by atoms with E-state index in [1.165, 1.54) is 30.5 Å². The number of rotatable bonds is 1. The Morgan fingerprint density at radius 2 is 2.29 bits per heavy atom. The molecular formula is C10H14BrN3. The third-order valence-corrected chi connectivity index (χ3v) is 3.97. The Kier molecular flexibility index (Phi) is 2.13. The van der Waals surface area contributed by atoms with Crippen LogP contribution in [-0.2, 0) is 13.0 Å². The molecule has 1 aromatic rings. The largest absolute Gasteiger partial charge is 0.312 e. The third-order valence-electron chi connectivity index (χ3n) is 3.33. The van der Waals surface area contributed by atoms with Gasteiger partial charge in [0, 0.05) is 30.8 Å². The van der Waals surface area contributed by atoms with Crippen LogP contribution in [0.1, 0.15) is 36.6 Å². The first-order chi connectivity index (χ1) is 6.86. The highest BCUT2D eigenvalue weighted by atomic mass is 79.9. The van der Waals surface area contributed by atoms with Crippen LogP contribution in [0.25, 0.3) is 0 Å². The van der Waals surface area contributed by atoms with E-state index >= 15 is 0 Å². The van der Waals surface area contributed by atoms with Crippen molar-refractivity contribution in [3.8, 4) is 0 Å². The summed E-state index contributed by atoms with van der Waals surface area (Å²) in [7, 11) is 0. The summed E-state index contributed by atoms with van der Waals surface area (Å²) in [6, 6.07) is 0.688. The van der Waals surface area contributed by atoms with Gasteiger partial charge in [-0.1, -0.05) is 0 Å². The second-order valence-electron chi connectivity index (χ2n) is 4.17. The monoisotopic (exact) mass is 255 g/mol. The van der Waals surface area contributed by atoms with Gasteiger partial charge in [-0.2, -0.15) is 5.10 Å². The number of aromatic nitrogens is 2. The maximum atomic E-state index is 4.61. The number of nitrogens with one attached hydrogen (secondary N) is 1. The normalized spacial score (nSPS) is 21.8. The molecule has 0 radical (unpaired) electrons. The summed E-state index contributed by atoms with van der Waals surface area (Å²) in [4.78, 5) is 0. The lowest BCUT2D eigenvalue weighted by molar-refractivity contribution is 0.280. The molecule has 0 bridgehead atoms. The van der Waals surface area contributed by atoms with Crippen LogP contribution in [-0.4, -0.2) is 16.3 Å². The van der Waals surface area contributed by atoms with Crippen molar-refractivity contribution in [1.29, 1.82) is 0 Å². The van der Waals surface area contributed by atoms with Crippen molar-refractivity contribution in [1.82, 2.24) is 15.1 Å². The fourth-order valence-electron chi connectivity index (χ4n) is 2.27. The molecule has 1 fully saturated rings. The maximum absolute atomic E-state index is 4.61. The van der Waals surface area contributed by atoms with E-state index < -0.39 is 0 Å². The Labute approximate surface area is 92.0 Å². The first kappa shape index (κ1) is 8.92. The zero-order valence-corrected chi connectivity index (χ0v) is 9.68. The average Bonchev–Trinajstić information content (AvgIpc) is 2.43. The van der Waals surface area contributed by atoms with Crippen molar-refractivity contribution in [2.24, 2.45) is 0 Å². The molecule has 3 nitrogen and oxygen atoms in total. The molecule has 0 amide bonds. The van der Waals surface area contributed by atoms with Crippen LogP contribution >= 0.6 is 15.9 Å². The number of nitrogens with zero attached hydrogens (tertiary/aromatic N) is 2. The van der Waals surface area contributed by atoms with Crippen LogP contribution < -0.4 is 5.32 Å². The lowest BCUT2D eigenvalue weighted by Gasteiger charge is -2.28. The Morgan fingerprint density at radius 1 is 1.43 bits per heavy atom. The van der Waals surface area contributed by atoms with Gasteiger partial charge in [-0.05, 0) is 35.2 Å². The van der Waals surface area contributed by atoms with Gasteiger partial charge in [0.25, 0.3) is 0 Å². The van der Waals surface area contributed by atoms with Crippen LogP contribution in [0.5, 0.6) is 0 Å². The highest BCUT2D eigenvalue weighted by molar-refractivity contribution is 9.10. The van der Waals surface area contributed by atoms with E-state index in [0.717, 1.165) is 24.1 Å². The van der Waals surface area contributed by atoms with Crippen LogP contribution in [0, 0.1) is 0 Å².